The summed E-state index contributed by atoms with van der Waals surface area (Å²) >= 11 is 1.92. The summed E-state index contributed by atoms with van der Waals surface area (Å²) in [6, 6.07) is 43.3. The molecule has 0 aliphatic carbocycles. The number of thiophene rings is 1. The first-order valence-electron chi connectivity index (χ1n) is 18.1. The summed E-state index contributed by atoms with van der Waals surface area (Å²) in [6.45, 7) is 14.1. The maximum atomic E-state index is 6.52. The Kier molecular flexibility index (Phi) is 5.63. The van der Waals surface area contributed by atoms with Gasteiger partial charge in [-0.1, -0.05) is 114 Å². The third-order valence-corrected chi connectivity index (χ3v) is 12.6. The molecule has 0 fully saturated rings. The van der Waals surface area contributed by atoms with Crippen molar-refractivity contribution in [3.63, 3.8) is 0 Å². The normalized spacial score (nSPS) is 14.0. The molecule has 5 heteroatoms. The van der Waals surface area contributed by atoms with Gasteiger partial charge in [0.1, 0.15) is 16.0 Å². The maximum absolute atomic E-state index is 6.52. The van der Waals surface area contributed by atoms with Gasteiger partial charge in [-0.3, -0.25) is 0 Å². The summed E-state index contributed by atoms with van der Waals surface area (Å²) in [5.74, 6) is 0. The summed E-state index contributed by atoms with van der Waals surface area (Å²) in [4.78, 5) is 3.91. The van der Waals surface area contributed by atoms with E-state index in [2.05, 4.69) is 166 Å². The second kappa shape index (κ2) is 9.74. The summed E-state index contributed by atoms with van der Waals surface area (Å²) in [7, 11) is 0. The molecular weight excluding hydrogens is 639 g/mol. The molecule has 0 spiro atoms. The Morgan fingerprint density at radius 1 is 0.549 bits per heavy atom. The minimum Gasteiger partial charge on any atom is -0.456 e. The summed E-state index contributed by atoms with van der Waals surface area (Å²) in [6.07, 6.45) is 0. The quantitative estimate of drug-likeness (QED) is 0.161. The van der Waals surface area contributed by atoms with Crippen molar-refractivity contribution in [2.24, 2.45) is 0 Å². The van der Waals surface area contributed by atoms with Gasteiger partial charge in [-0.15, -0.1) is 11.3 Å². The first-order chi connectivity index (χ1) is 24.6. The first-order valence-corrected chi connectivity index (χ1v) is 18.9. The molecule has 2 aliphatic heterocycles. The van der Waals surface area contributed by atoms with E-state index in [1.54, 1.807) is 0 Å². The second-order valence-electron chi connectivity index (χ2n) is 16.6. The van der Waals surface area contributed by atoms with Gasteiger partial charge < -0.3 is 13.9 Å². The van der Waals surface area contributed by atoms with Crippen LogP contribution in [0.2, 0.25) is 0 Å². The monoisotopic (exact) mass is 676 g/mol. The lowest BCUT2D eigenvalue weighted by molar-refractivity contribution is 0.590. The SMILES string of the molecule is CC(C)(C)c1ccc2c(c1)N(c1cccc3oc4ccccc4c13)c1cc(C(C)(C)C)cc3c1B2c1cccc2c4c5ccccc5sc4n-3c12. The molecule has 0 atom stereocenters. The minimum atomic E-state index is -0.0723. The van der Waals surface area contributed by atoms with Crippen LogP contribution in [-0.4, -0.2) is 11.3 Å². The second-order valence-corrected chi connectivity index (χ2v) is 17.6. The highest BCUT2D eigenvalue weighted by Gasteiger charge is 2.44. The lowest BCUT2D eigenvalue weighted by Crippen LogP contribution is -2.60. The number of rotatable bonds is 1. The Morgan fingerprint density at radius 3 is 2.06 bits per heavy atom. The molecule has 11 rings (SSSR count). The Morgan fingerprint density at radius 2 is 1.24 bits per heavy atom. The van der Waals surface area contributed by atoms with E-state index in [1.807, 2.05) is 11.3 Å². The van der Waals surface area contributed by atoms with Gasteiger partial charge in [0, 0.05) is 43.3 Å². The van der Waals surface area contributed by atoms with Crippen molar-refractivity contribution in [2.45, 2.75) is 52.4 Å². The molecule has 246 valence electrons. The topological polar surface area (TPSA) is 21.3 Å². The van der Waals surface area contributed by atoms with E-state index in [0.29, 0.717) is 0 Å². The predicted octanol–water partition coefficient (Wildman–Crippen LogP) is 11.1. The molecule has 3 nitrogen and oxygen atoms in total. The van der Waals surface area contributed by atoms with Crippen molar-refractivity contribution in [1.82, 2.24) is 4.57 Å². The van der Waals surface area contributed by atoms with E-state index in [1.165, 1.54) is 75.8 Å². The van der Waals surface area contributed by atoms with Gasteiger partial charge >= 0.3 is 0 Å². The van der Waals surface area contributed by atoms with Crippen molar-refractivity contribution in [1.29, 1.82) is 0 Å². The molecule has 0 unspecified atom stereocenters. The number of nitrogens with zero attached hydrogens (tertiary/aromatic N) is 2. The highest BCUT2D eigenvalue weighted by Crippen LogP contribution is 2.49. The van der Waals surface area contributed by atoms with Crippen LogP contribution >= 0.6 is 11.3 Å². The van der Waals surface area contributed by atoms with Crippen molar-refractivity contribution < 1.29 is 4.42 Å². The van der Waals surface area contributed by atoms with Crippen LogP contribution in [0.15, 0.2) is 120 Å². The Labute approximate surface area is 301 Å². The first kappa shape index (κ1) is 29.5. The van der Waals surface area contributed by atoms with E-state index in [4.69, 9.17) is 4.42 Å². The van der Waals surface area contributed by atoms with Gasteiger partial charge in [-0.05, 0) is 80.8 Å². The van der Waals surface area contributed by atoms with Crippen LogP contribution < -0.4 is 21.3 Å². The summed E-state index contributed by atoms with van der Waals surface area (Å²) < 4.78 is 10.5. The van der Waals surface area contributed by atoms with Gasteiger partial charge in [0.25, 0.3) is 6.71 Å². The Hall–Kier alpha value is -5.26. The average Bonchev–Trinajstić information content (AvgIpc) is 3.78. The number of aromatic nitrogens is 1. The number of hydrogen-bond donors (Lipinski definition) is 0. The van der Waals surface area contributed by atoms with Gasteiger partial charge in [-0.25, -0.2) is 0 Å². The van der Waals surface area contributed by atoms with E-state index < -0.39 is 0 Å². The van der Waals surface area contributed by atoms with Gasteiger partial charge in [-0.2, -0.15) is 0 Å². The lowest BCUT2D eigenvalue weighted by atomic mass is 9.33. The maximum Gasteiger partial charge on any atom is 0.252 e. The fourth-order valence-corrected chi connectivity index (χ4v) is 10.2. The molecule has 2 aliphatic rings. The fraction of sp³-hybridized carbons (Fsp3) is 0.174. The molecule has 5 heterocycles. The van der Waals surface area contributed by atoms with E-state index in [9.17, 15) is 0 Å². The Bertz CT molecular complexity index is 2960. The highest BCUT2D eigenvalue weighted by molar-refractivity contribution is 7.26. The molecule has 3 aromatic heterocycles. The molecule has 0 saturated heterocycles. The molecule has 0 N–H and O–H groups in total. The van der Waals surface area contributed by atoms with Crippen LogP contribution in [-0.2, 0) is 10.8 Å². The number of fused-ring (bicyclic) bond motifs is 12. The third kappa shape index (κ3) is 3.85. The highest BCUT2D eigenvalue weighted by atomic mass is 32.1. The summed E-state index contributed by atoms with van der Waals surface area (Å²) in [5, 5.41) is 6.36. The fourth-order valence-electron chi connectivity index (χ4n) is 9.01. The zero-order valence-electron chi connectivity index (χ0n) is 29.8. The molecule has 6 aromatic carbocycles. The van der Waals surface area contributed by atoms with Gasteiger partial charge in [0.2, 0.25) is 0 Å². The molecule has 0 radical (unpaired) electrons. The van der Waals surface area contributed by atoms with Crippen LogP contribution in [0.3, 0.4) is 0 Å². The number of benzene rings is 6. The molecule has 51 heavy (non-hydrogen) atoms. The van der Waals surface area contributed by atoms with Crippen molar-refractivity contribution in [2.75, 3.05) is 4.90 Å². The zero-order valence-corrected chi connectivity index (χ0v) is 30.6. The largest absolute Gasteiger partial charge is 0.456 e. The predicted molar refractivity (Wildman–Crippen MR) is 220 cm³/mol. The van der Waals surface area contributed by atoms with E-state index >= 15 is 0 Å². The zero-order chi connectivity index (χ0) is 34.6. The smallest absolute Gasteiger partial charge is 0.252 e. The lowest BCUT2D eigenvalue weighted by Gasteiger charge is -2.42. The van der Waals surface area contributed by atoms with Gasteiger partial charge in [0.05, 0.1) is 16.6 Å². The van der Waals surface area contributed by atoms with Crippen LogP contribution in [0.4, 0.5) is 17.1 Å². The van der Waals surface area contributed by atoms with Crippen LogP contribution in [0.5, 0.6) is 0 Å². The Balaban J connectivity index is 1.35. The standard InChI is InChI=1S/C46H37BN2OS/c1-45(2,3)26-21-22-31-34(23-26)48(33-17-12-19-38-41(33)28-13-7-9-18-37(28)50-38)35-24-27(46(4,5)6)25-36-42(35)47(31)32-16-11-15-30-40-29-14-8-10-20-39(29)51-44(40)49(36)43(30)32/h7-25H,1-6H3. The molecular formula is C46H37BN2OS. The molecule has 0 amide bonds. The number of anilines is 3. The third-order valence-electron chi connectivity index (χ3n) is 11.5. The number of para-hydroxylation sites is 2. The molecule has 9 aromatic rings. The van der Waals surface area contributed by atoms with E-state index in [0.717, 1.165) is 27.6 Å². The number of furan rings is 1. The van der Waals surface area contributed by atoms with E-state index in [-0.39, 0.29) is 17.5 Å². The van der Waals surface area contributed by atoms with Crippen LogP contribution in [0.1, 0.15) is 52.7 Å². The molecule has 0 saturated carbocycles. The van der Waals surface area contributed by atoms with Crippen molar-refractivity contribution in [3.05, 3.63) is 126 Å². The summed E-state index contributed by atoms with van der Waals surface area (Å²) in [5.41, 5.74) is 14.8. The van der Waals surface area contributed by atoms with Crippen LogP contribution in [0, 0.1) is 0 Å². The van der Waals surface area contributed by atoms with Gasteiger partial charge in [0.15, 0.2) is 0 Å². The minimum absolute atomic E-state index is 0.0135. The average molecular weight is 677 g/mol. The number of hydrogen-bond acceptors (Lipinski definition) is 3. The molecule has 0 bridgehead atoms. The van der Waals surface area contributed by atoms with Crippen LogP contribution in [0.25, 0.3) is 58.8 Å². The van der Waals surface area contributed by atoms with Crippen molar-refractivity contribution >= 4 is 105 Å². The van der Waals surface area contributed by atoms with Crippen molar-refractivity contribution in [3.8, 4) is 5.69 Å².